The second-order valence-corrected chi connectivity index (χ2v) is 7.82. The lowest BCUT2D eigenvalue weighted by Crippen LogP contribution is -2.39. The van der Waals surface area contributed by atoms with Gasteiger partial charge >= 0.3 is 0 Å². The second kappa shape index (κ2) is 8.07. The number of carbonyl (C=O) groups excluding carboxylic acids is 1. The van der Waals surface area contributed by atoms with Gasteiger partial charge in [-0.1, -0.05) is 66.7 Å². The fraction of sp³-hybridized carbons (Fsp3) is 0.192. The quantitative estimate of drug-likeness (QED) is 0.515. The van der Waals surface area contributed by atoms with Gasteiger partial charge in [0.25, 0.3) is 0 Å². The second-order valence-electron chi connectivity index (χ2n) is 7.82. The first-order chi connectivity index (χ1) is 14.8. The summed E-state index contributed by atoms with van der Waals surface area (Å²) in [6.45, 7) is 0.967. The van der Waals surface area contributed by atoms with Crippen molar-refractivity contribution in [1.82, 2.24) is 10.3 Å². The van der Waals surface area contributed by atoms with E-state index >= 15 is 0 Å². The van der Waals surface area contributed by atoms with Crippen LogP contribution in [0.3, 0.4) is 0 Å². The van der Waals surface area contributed by atoms with Gasteiger partial charge in [-0.05, 0) is 35.2 Å². The molecule has 2 N–H and O–H groups in total. The van der Waals surface area contributed by atoms with E-state index in [1.807, 2.05) is 48.5 Å². The predicted molar refractivity (Wildman–Crippen MR) is 119 cm³/mol. The highest BCUT2D eigenvalue weighted by Crippen LogP contribution is 2.31. The Kier molecular flexibility index (Phi) is 4.98. The maximum atomic E-state index is 13.0. The topological polar surface area (TPSA) is 54.1 Å². The van der Waals surface area contributed by atoms with Crippen LogP contribution in [0.1, 0.15) is 22.6 Å². The number of nitrogens with one attached hydrogen (secondary N) is 2. The van der Waals surface area contributed by atoms with Gasteiger partial charge in [0, 0.05) is 29.6 Å². The van der Waals surface area contributed by atoms with Crippen LogP contribution in [-0.4, -0.2) is 24.0 Å². The number of rotatable bonds is 5. The number of benzene rings is 3. The van der Waals surface area contributed by atoms with Crippen LogP contribution in [0.15, 0.2) is 85.1 Å². The number of carbonyl (C=O) groups is 1. The van der Waals surface area contributed by atoms with E-state index < -0.39 is 0 Å². The minimum Gasteiger partial charge on any atom is -0.492 e. The van der Waals surface area contributed by atoms with Crippen LogP contribution in [0.5, 0.6) is 5.75 Å². The third kappa shape index (κ3) is 3.57. The summed E-state index contributed by atoms with van der Waals surface area (Å²) in [6.07, 6.45) is 2.78. The van der Waals surface area contributed by atoms with Crippen LogP contribution >= 0.6 is 0 Å². The maximum Gasteiger partial charge on any atom is 0.226 e. The van der Waals surface area contributed by atoms with Gasteiger partial charge in [-0.25, -0.2) is 0 Å². The van der Waals surface area contributed by atoms with Crippen molar-refractivity contribution in [3.63, 3.8) is 0 Å². The number of aromatic amines is 1. The fourth-order valence-electron chi connectivity index (χ4n) is 4.32. The van der Waals surface area contributed by atoms with E-state index in [1.165, 1.54) is 16.5 Å². The van der Waals surface area contributed by atoms with Crippen LogP contribution in [0.2, 0.25) is 0 Å². The van der Waals surface area contributed by atoms with E-state index in [4.69, 9.17) is 4.74 Å². The van der Waals surface area contributed by atoms with Crippen molar-refractivity contribution in [3.05, 3.63) is 102 Å². The lowest BCUT2D eigenvalue weighted by Gasteiger charge is -2.25. The zero-order chi connectivity index (χ0) is 20.3. The maximum absolute atomic E-state index is 13.0. The van der Waals surface area contributed by atoms with Gasteiger partial charge in [-0.2, -0.15) is 0 Å². The summed E-state index contributed by atoms with van der Waals surface area (Å²) >= 11 is 0. The van der Waals surface area contributed by atoms with Crippen LogP contribution in [-0.2, 0) is 11.2 Å². The molecule has 150 valence electrons. The average molecular weight is 396 g/mol. The highest BCUT2D eigenvalue weighted by Gasteiger charge is 2.27. The van der Waals surface area contributed by atoms with Gasteiger partial charge in [0.1, 0.15) is 12.4 Å². The molecular weight excluding hydrogens is 372 g/mol. The van der Waals surface area contributed by atoms with Gasteiger partial charge in [-0.3, -0.25) is 4.79 Å². The van der Waals surface area contributed by atoms with Crippen LogP contribution in [0, 0.1) is 5.92 Å². The Labute approximate surface area is 175 Å². The third-order valence-corrected chi connectivity index (χ3v) is 5.93. The standard InChI is InChI=1S/C26H24N2O2/c29-26(20-14-19-10-4-7-13-25(19)30-17-20)28-15-22(18-8-2-1-3-9-18)23-16-27-24-12-6-5-11-21(23)24/h1-13,16,20,22,27H,14-15,17H2,(H,28,29)/t20-,22-/m1/s1. The fourth-order valence-corrected chi connectivity index (χ4v) is 4.32. The van der Waals surface area contributed by atoms with Crippen molar-refractivity contribution in [3.8, 4) is 5.75 Å². The molecule has 0 unspecified atom stereocenters. The number of H-pyrrole nitrogens is 1. The Bertz CT molecular complexity index is 1170. The first kappa shape index (κ1) is 18.5. The van der Waals surface area contributed by atoms with Gasteiger partial charge in [0.05, 0.1) is 5.92 Å². The number of fused-ring (bicyclic) bond motifs is 2. The Balaban J connectivity index is 1.37. The summed E-state index contributed by atoms with van der Waals surface area (Å²) in [5, 5.41) is 4.39. The van der Waals surface area contributed by atoms with Crippen molar-refractivity contribution in [2.45, 2.75) is 12.3 Å². The molecule has 2 heterocycles. The molecule has 1 amide bonds. The van der Waals surface area contributed by atoms with Crippen LogP contribution in [0.4, 0.5) is 0 Å². The molecule has 30 heavy (non-hydrogen) atoms. The SMILES string of the molecule is O=C(NC[C@H](c1ccccc1)c1c[nH]c2ccccc12)[C@H]1COc2ccccc2C1. The Morgan fingerprint density at radius 2 is 1.77 bits per heavy atom. The molecular formula is C26H24N2O2. The third-order valence-electron chi connectivity index (χ3n) is 5.93. The number of para-hydroxylation sites is 2. The van der Waals surface area contributed by atoms with E-state index in [-0.39, 0.29) is 17.7 Å². The summed E-state index contributed by atoms with van der Waals surface area (Å²) < 4.78 is 5.81. The molecule has 1 aliphatic heterocycles. The van der Waals surface area contributed by atoms with Gasteiger partial charge in [-0.15, -0.1) is 0 Å². The van der Waals surface area contributed by atoms with Crippen molar-refractivity contribution in [1.29, 1.82) is 0 Å². The highest BCUT2D eigenvalue weighted by molar-refractivity contribution is 5.84. The molecule has 1 aromatic heterocycles. The lowest BCUT2D eigenvalue weighted by molar-refractivity contribution is -0.126. The summed E-state index contributed by atoms with van der Waals surface area (Å²) in [5.74, 6) is 0.843. The first-order valence-electron chi connectivity index (χ1n) is 10.4. The average Bonchev–Trinajstić information content (AvgIpc) is 3.23. The molecule has 2 atom stereocenters. The minimum absolute atomic E-state index is 0.0466. The number of aromatic nitrogens is 1. The monoisotopic (exact) mass is 396 g/mol. The highest BCUT2D eigenvalue weighted by atomic mass is 16.5. The van der Waals surface area contributed by atoms with E-state index in [2.05, 4.69) is 46.8 Å². The molecule has 4 heteroatoms. The zero-order valence-corrected chi connectivity index (χ0v) is 16.7. The van der Waals surface area contributed by atoms with Crippen molar-refractivity contribution in [2.75, 3.05) is 13.2 Å². The molecule has 0 spiro atoms. The van der Waals surface area contributed by atoms with E-state index in [1.54, 1.807) is 0 Å². The largest absolute Gasteiger partial charge is 0.492 e. The van der Waals surface area contributed by atoms with Crippen molar-refractivity contribution < 1.29 is 9.53 Å². The number of ether oxygens (including phenoxy) is 1. The smallest absolute Gasteiger partial charge is 0.226 e. The number of amides is 1. The molecule has 4 nitrogen and oxygen atoms in total. The number of hydrogen-bond donors (Lipinski definition) is 2. The Morgan fingerprint density at radius 3 is 2.67 bits per heavy atom. The van der Waals surface area contributed by atoms with E-state index in [0.29, 0.717) is 19.6 Å². The van der Waals surface area contributed by atoms with Gasteiger partial charge < -0.3 is 15.0 Å². The minimum atomic E-state index is -0.167. The first-order valence-corrected chi connectivity index (χ1v) is 10.4. The normalized spacial score (nSPS) is 16.5. The predicted octanol–water partition coefficient (Wildman–Crippen LogP) is 4.67. The summed E-state index contributed by atoms with van der Waals surface area (Å²) in [5.41, 5.74) is 4.59. The summed E-state index contributed by atoms with van der Waals surface area (Å²) in [4.78, 5) is 16.3. The van der Waals surface area contributed by atoms with Crippen LogP contribution in [0.25, 0.3) is 10.9 Å². The molecule has 0 saturated heterocycles. The Hall–Kier alpha value is -3.53. The molecule has 1 aliphatic rings. The molecule has 5 rings (SSSR count). The lowest BCUT2D eigenvalue weighted by atomic mass is 9.90. The van der Waals surface area contributed by atoms with Crippen molar-refractivity contribution >= 4 is 16.8 Å². The van der Waals surface area contributed by atoms with Gasteiger partial charge in [0.15, 0.2) is 0 Å². The van der Waals surface area contributed by atoms with Crippen LogP contribution < -0.4 is 10.1 Å². The molecule has 3 aromatic carbocycles. The Morgan fingerprint density at radius 1 is 1.00 bits per heavy atom. The van der Waals surface area contributed by atoms with E-state index in [0.717, 1.165) is 16.8 Å². The molecule has 0 fully saturated rings. The van der Waals surface area contributed by atoms with Crippen molar-refractivity contribution in [2.24, 2.45) is 5.92 Å². The number of hydrogen-bond acceptors (Lipinski definition) is 2. The molecule has 0 aliphatic carbocycles. The summed E-state index contributed by atoms with van der Waals surface area (Å²) in [6, 6.07) is 26.6. The molecule has 0 radical (unpaired) electrons. The molecule has 0 bridgehead atoms. The van der Waals surface area contributed by atoms with E-state index in [9.17, 15) is 4.79 Å². The summed E-state index contributed by atoms with van der Waals surface area (Å²) in [7, 11) is 0. The molecule has 0 saturated carbocycles. The zero-order valence-electron chi connectivity index (χ0n) is 16.7. The van der Waals surface area contributed by atoms with Gasteiger partial charge in [0.2, 0.25) is 5.91 Å². The molecule has 4 aromatic rings.